The molecule has 6 N–H and O–H groups in total. The van der Waals surface area contributed by atoms with Crippen molar-refractivity contribution in [1.82, 2.24) is 60.9 Å². The molecule has 2 rings (SSSR count). The van der Waals surface area contributed by atoms with Crippen molar-refractivity contribution in [1.29, 1.82) is 0 Å². The first-order valence-corrected chi connectivity index (χ1v) is 32.7. The van der Waals surface area contributed by atoms with Crippen LogP contribution in [0.1, 0.15) is 142 Å². The van der Waals surface area contributed by atoms with E-state index in [0.29, 0.717) is 18.4 Å². The predicted molar refractivity (Wildman–Crippen MR) is 352 cm³/mol. The third-order valence-corrected chi connectivity index (χ3v) is 17.7. The van der Waals surface area contributed by atoms with E-state index in [4.69, 9.17) is 0 Å². The number of rotatable bonds is 12. The van der Waals surface area contributed by atoms with Gasteiger partial charge in [-0.15, -0.1) is 0 Å². The number of hydrogen-bond donors (Lipinski definition) is 6. The van der Waals surface area contributed by atoms with E-state index < -0.39 is 155 Å². The number of aliphatic hydroxyl groups excluding tert-OH is 1. The summed E-state index contributed by atoms with van der Waals surface area (Å²) >= 11 is 0. The number of benzene rings is 1. The van der Waals surface area contributed by atoms with Crippen LogP contribution in [0.5, 0.6) is 0 Å². The molecule has 0 saturated carbocycles. The molecule has 25 nitrogen and oxygen atoms in total. The summed E-state index contributed by atoms with van der Waals surface area (Å²) in [5.74, 6) is -10.3. The van der Waals surface area contributed by atoms with Crippen molar-refractivity contribution in [2.75, 3.05) is 69.0 Å². The number of ketones is 1. The number of carbonyl (C=O) groups is 12. The summed E-state index contributed by atoms with van der Waals surface area (Å²) in [4.78, 5) is 181. The largest absolute Gasteiger partial charge is 0.391 e. The smallest absolute Gasteiger partial charge is 0.246 e. The zero-order valence-electron chi connectivity index (χ0n) is 59.4. The second kappa shape index (κ2) is 37.0. The molecule has 1 aromatic carbocycles. The number of Topliss-reactive ketones (excluding diaryl/α,β-unsaturated/α-hetero) is 1. The summed E-state index contributed by atoms with van der Waals surface area (Å²) in [5.41, 5.74) is 0.641. The van der Waals surface area contributed by atoms with E-state index in [9.17, 15) is 62.6 Å². The Morgan fingerprint density at radius 1 is 0.489 bits per heavy atom. The second-order valence-electron chi connectivity index (χ2n) is 27.3. The van der Waals surface area contributed by atoms with Crippen LogP contribution in [0.3, 0.4) is 0 Å². The maximum Gasteiger partial charge on any atom is 0.246 e. The molecule has 92 heavy (non-hydrogen) atoms. The Morgan fingerprint density at radius 2 is 0.989 bits per heavy atom. The van der Waals surface area contributed by atoms with Crippen LogP contribution in [-0.4, -0.2) is 246 Å². The van der Waals surface area contributed by atoms with Crippen molar-refractivity contribution in [3.05, 3.63) is 35.9 Å². The lowest BCUT2D eigenvalue weighted by molar-refractivity contribution is -0.151. The first-order chi connectivity index (χ1) is 42.6. The van der Waals surface area contributed by atoms with Gasteiger partial charge in [-0.25, -0.2) is 0 Å². The highest BCUT2D eigenvalue weighted by atomic mass is 16.3. The van der Waals surface area contributed by atoms with E-state index in [-0.39, 0.29) is 62.4 Å². The van der Waals surface area contributed by atoms with Gasteiger partial charge in [0.05, 0.1) is 30.5 Å². The standard InChI is InChI=1S/C67H114N12O13/c1-24-41(10)54-59(84)70-44(13)63(88)75(19)46(15)64(89)76(20)51(31-38(4)5)53(81)35-68-34-49(30-37(2)3)65(90)79(23)56(47(16)80)60(85)71-50(33-48-28-26-25-27-29-48)66(91)74(18)45(14)57(82)69-43(12)62(87)73(17)36-42(11)61(86)78(22)55(40(8)9)67(92)77(21)52(32-39(6)7)58(83)72-54/h25-29,37-47,49-52,54-56,68,80H,24,30-36H2,1-23H3,(H,69,82)(H,70,84)(H,71,85)(H,72,83)/t41-,42+,43-,44-,45-,46-,47+,49+,50-,51-,52-,54-,55-,56?/m0/s1. The molecule has 1 heterocycles. The van der Waals surface area contributed by atoms with Gasteiger partial charge in [0, 0.05) is 68.8 Å². The summed E-state index contributed by atoms with van der Waals surface area (Å²) in [6.45, 7) is 26.8. The van der Waals surface area contributed by atoms with E-state index in [1.54, 1.807) is 58.0 Å². The van der Waals surface area contributed by atoms with Gasteiger partial charge in [-0.3, -0.25) is 57.5 Å². The number of carbonyl (C=O) groups excluding carboxylic acids is 12. The fraction of sp³-hybridized carbons (Fsp3) is 0.731. The number of aliphatic hydroxyl groups is 1. The maximum atomic E-state index is 14.8. The molecule has 1 fully saturated rings. The molecule has 0 aromatic heterocycles. The average molecular weight is 1300 g/mol. The second-order valence-corrected chi connectivity index (χ2v) is 27.3. The molecule has 0 bridgehead atoms. The van der Waals surface area contributed by atoms with E-state index in [0.717, 1.165) is 9.80 Å². The third kappa shape index (κ3) is 22.6. The van der Waals surface area contributed by atoms with Gasteiger partial charge in [0.15, 0.2) is 5.78 Å². The summed E-state index contributed by atoms with van der Waals surface area (Å²) in [6.07, 6.45) is -0.381. The molecule has 520 valence electrons. The van der Waals surface area contributed by atoms with Crippen LogP contribution < -0.4 is 26.6 Å². The quantitative estimate of drug-likeness (QED) is 0.175. The van der Waals surface area contributed by atoms with Crippen molar-refractivity contribution >= 4 is 70.8 Å². The van der Waals surface area contributed by atoms with Crippen LogP contribution >= 0.6 is 0 Å². The lowest BCUT2D eigenvalue weighted by Gasteiger charge is -2.38. The van der Waals surface area contributed by atoms with Gasteiger partial charge >= 0.3 is 0 Å². The minimum atomic E-state index is -1.53. The van der Waals surface area contributed by atoms with Gasteiger partial charge in [-0.05, 0) is 89.0 Å². The first-order valence-electron chi connectivity index (χ1n) is 32.7. The van der Waals surface area contributed by atoms with Crippen molar-refractivity contribution in [3.8, 4) is 0 Å². The van der Waals surface area contributed by atoms with E-state index in [1.165, 1.54) is 108 Å². The molecule has 1 saturated heterocycles. The number of amides is 11. The molecule has 0 spiro atoms. The van der Waals surface area contributed by atoms with E-state index in [1.807, 2.05) is 48.5 Å². The van der Waals surface area contributed by atoms with Crippen LogP contribution in [0, 0.1) is 41.4 Å². The van der Waals surface area contributed by atoms with Crippen molar-refractivity contribution in [3.63, 3.8) is 0 Å². The molecule has 1 aliphatic heterocycles. The highest BCUT2D eigenvalue weighted by Gasteiger charge is 2.43. The van der Waals surface area contributed by atoms with Crippen LogP contribution in [0.2, 0.25) is 0 Å². The Kier molecular flexibility index (Phi) is 32.6. The fourth-order valence-electron chi connectivity index (χ4n) is 11.7. The molecule has 0 radical (unpaired) electrons. The normalized spacial score (nSPS) is 27.9. The number of hydrogen-bond acceptors (Lipinski definition) is 14. The highest BCUT2D eigenvalue weighted by molar-refractivity contribution is 5.99. The Balaban J connectivity index is 2.80. The van der Waals surface area contributed by atoms with Crippen molar-refractivity contribution in [2.45, 2.75) is 209 Å². The zero-order valence-corrected chi connectivity index (χ0v) is 59.4. The SMILES string of the molecule is CC[C@H](C)[C@@H]1NC(=O)[C@H](CC(C)C)N(C)C(=O)[C@H](C(C)C)N(C)C(=O)[C@H](C)CN(C)C(=O)[C@H](C)NC(=O)[C@H](C)N(C)C(=O)[C@H](Cc2ccccc2)NC(=O)C([C@@H](C)O)N(C)C(=O)[C@H](CC(C)C)CNCC(=O)[C@H](CC(C)C)N(C)C(=O)[C@H](C)N(C)C(=O)[C@H](C)NC1=O. The summed E-state index contributed by atoms with van der Waals surface area (Å²) in [6, 6.07) is -3.17. The summed E-state index contributed by atoms with van der Waals surface area (Å²) in [5, 5.41) is 25.4. The van der Waals surface area contributed by atoms with Gasteiger partial charge in [0.2, 0.25) is 65.0 Å². The fourth-order valence-corrected chi connectivity index (χ4v) is 11.7. The van der Waals surface area contributed by atoms with Crippen LogP contribution in [0.25, 0.3) is 0 Å². The van der Waals surface area contributed by atoms with Gasteiger partial charge in [0.25, 0.3) is 0 Å². The minimum absolute atomic E-state index is 0.0448. The predicted octanol–water partition coefficient (Wildman–Crippen LogP) is 2.31. The van der Waals surface area contributed by atoms with Gasteiger partial charge < -0.3 is 66.0 Å². The average Bonchev–Trinajstić information content (AvgIpc) is 1.07. The number of nitrogens with zero attached hydrogens (tertiary/aromatic N) is 7. The third-order valence-electron chi connectivity index (χ3n) is 17.7. The van der Waals surface area contributed by atoms with E-state index in [2.05, 4.69) is 26.6 Å². The lowest BCUT2D eigenvalue weighted by atomic mass is 9.94. The van der Waals surface area contributed by atoms with Gasteiger partial charge in [0.1, 0.15) is 54.4 Å². The first kappa shape index (κ1) is 81.1. The molecule has 1 unspecified atom stereocenters. The molecule has 11 amide bonds. The molecule has 0 aliphatic carbocycles. The van der Waals surface area contributed by atoms with Gasteiger partial charge in [-0.1, -0.05) is 113 Å². The topological polar surface area (TPSA) is 308 Å². The molecule has 1 aromatic rings. The minimum Gasteiger partial charge on any atom is -0.391 e. The summed E-state index contributed by atoms with van der Waals surface area (Å²) in [7, 11) is 10.0. The highest BCUT2D eigenvalue weighted by Crippen LogP contribution is 2.23. The zero-order chi connectivity index (χ0) is 70.7. The summed E-state index contributed by atoms with van der Waals surface area (Å²) < 4.78 is 0. The van der Waals surface area contributed by atoms with E-state index >= 15 is 0 Å². The Bertz CT molecular complexity index is 2690. The maximum absolute atomic E-state index is 14.8. The number of nitrogens with one attached hydrogen (secondary N) is 5. The van der Waals surface area contributed by atoms with Crippen LogP contribution in [0.15, 0.2) is 30.3 Å². The molecular formula is C67H114N12O13. The van der Waals surface area contributed by atoms with Crippen LogP contribution in [0.4, 0.5) is 0 Å². The Morgan fingerprint density at radius 3 is 1.51 bits per heavy atom. The molecule has 14 atom stereocenters. The van der Waals surface area contributed by atoms with Gasteiger partial charge in [-0.2, -0.15) is 0 Å². The Hall–Kier alpha value is -7.02. The Labute approximate surface area is 547 Å². The van der Waals surface area contributed by atoms with Crippen molar-refractivity contribution in [2.24, 2.45) is 41.4 Å². The number of likely N-dealkylation sites (N-methyl/N-ethyl adjacent to an activating group) is 7. The molecule has 1 aliphatic rings. The monoisotopic (exact) mass is 1290 g/mol. The van der Waals surface area contributed by atoms with Crippen molar-refractivity contribution < 1.29 is 62.6 Å². The molecular weight excluding hydrogens is 1180 g/mol. The molecule has 25 heteroatoms. The lowest BCUT2D eigenvalue weighted by Crippen LogP contribution is -2.61. The van der Waals surface area contributed by atoms with Crippen LogP contribution in [-0.2, 0) is 64.0 Å².